The molecular formula is C22H24O5. The van der Waals surface area contributed by atoms with Crippen molar-refractivity contribution in [1.29, 1.82) is 0 Å². The predicted molar refractivity (Wildman–Crippen MR) is 100.0 cm³/mol. The summed E-state index contributed by atoms with van der Waals surface area (Å²) in [6, 6.07) is 15.3. The number of benzene rings is 2. The molecule has 0 spiro atoms. The number of rotatable bonds is 6. The third-order valence-corrected chi connectivity index (χ3v) is 5.45. The summed E-state index contributed by atoms with van der Waals surface area (Å²) in [6.45, 7) is 0. The van der Waals surface area contributed by atoms with Crippen molar-refractivity contribution in [3.05, 3.63) is 59.7 Å². The molecule has 1 unspecified atom stereocenters. The Bertz CT molecular complexity index is 743. The van der Waals surface area contributed by atoms with Crippen molar-refractivity contribution in [2.24, 2.45) is 0 Å². The van der Waals surface area contributed by atoms with Gasteiger partial charge in [-0.05, 0) is 61.1 Å². The summed E-state index contributed by atoms with van der Waals surface area (Å²) in [7, 11) is 3.26. The minimum Gasteiger partial charge on any atom is -0.497 e. The van der Waals surface area contributed by atoms with Crippen LogP contribution in [0.4, 0.5) is 0 Å². The Morgan fingerprint density at radius 3 is 1.81 bits per heavy atom. The van der Waals surface area contributed by atoms with Crippen molar-refractivity contribution in [1.82, 2.24) is 0 Å². The van der Waals surface area contributed by atoms with Gasteiger partial charge in [0.15, 0.2) is 11.7 Å². The quantitative estimate of drug-likeness (QED) is 0.573. The average molecular weight is 368 g/mol. The largest absolute Gasteiger partial charge is 0.497 e. The molecule has 1 atom stereocenters. The number of carbonyl (C=O) groups is 1. The Morgan fingerprint density at radius 1 is 0.889 bits per heavy atom. The second-order valence-electron chi connectivity index (χ2n) is 7.03. The predicted octanol–water partition coefficient (Wildman–Crippen LogP) is 3.83. The Morgan fingerprint density at radius 2 is 1.37 bits per heavy atom. The summed E-state index contributed by atoms with van der Waals surface area (Å²) in [5, 5.41) is 0. The van der Waals surface area contributed by atoms with Gasteiger partial charge in [-0.2, -0.15) is 0 Å². The van der Waals surface area contributed by atoms with Crippen LogP contribution < -0.4 is 9.47 Å². The molecular weight excluding hydrogens is 344 g/mol. The molecule has 1 saturated carbocycles. The molecule has 2 aromatic rings. The second-order valence-corrected chi connectivity index (χ2v) is 7.03. The normalized spacial score (nSPS) is 20.9. The van der Waals surface area contributed by atoms with E-state index >= 15 is 0 Å². The number of ether oxygens (including phenoxy) is 4. The molecule has 27 heavy (non-hydrogen) atoms. The monoisotopic (exact) mass is 368 g/mol. The van der Waals surface area contributed by atoms with E-state index in [0.29, 0.717) is 0 Å². The average Bonchev–Trinajstić information content (AvgIpc) is 3.29. The van der Waals surface area contributed by atoms with E-state index in [0.717, 1.165) is 48.3 Å². The number of hydrogen-bond acceptors (Lipinski definition) is 5. The van der Waals surface area contributed by atoms with E-state index < -0.39 is 11.7 Å². The van der Waals surface area contributed by atoms with Crippen molar-refractivity contribution in [2.45, 2.75) is 43.5 Å². The molecule has 1 aliphatic heterocycles. The minimum atomic E-state index is -0.825. The maximum atomic E-state index is 12.8. The first kappa shape index (κ1) is 17.9. The highest BCUT2D eigenvalue weighted by Gasteiger charge is 2.64. The lowest BCUT2D eigenvalue weighted by Crippen LogP contribution is -2.25. The summed E-state index contributed by atoms with van der Waals surface area (Å²) in [4.78, 5) is 12.8. The van der Waals surface area contributed by atoms with Crippen molar-refractivity contribution < 1.29 is 23.7 Å². The van der Waals surface area contributed by atoms with Crippen LogP contribution in [-0.4, -0.2) is 32.4 Å². The lowest BCUT2D eigenvalue weighted by molar-refractivity contribution is -0.150. The van der Waals surface area contributed by atoms with E-state index in [1.54, 1.807) is 14.2 Å². The smallest absolute Gasteiger partial charge is 0.339 e. The third kappa shape index (κ3) is 3.28. The fraction of sp³-hybridized carbons (Fsp3) is 0.409. The second kappa shape index (κ2) is 7.24. The number of epoxide rings is 1. The molecule has 2 fully saturated rings. The van der Waals surface area contributed by atoms with Crippen LogP contribution in [0.3, 0.4) is 0 Å². The Kier molecular flexibility index (Phi) is 4.79. The van der Waals surface area contributed by atoms with Crippen LogP contribution >= 0.6 is 0 Å². The summed E-state index contributed by atoms with van der Waals surface area (Å²) >= 11 is 0. The van der Waals surface area contributed by atoms with Crippen LogP contribution in [0.2, 0.25) is 0 Å². The number of hydrogen-bond donors (Lipinski definition) is 0. The summed E-state index contributed by atoms with van der Waals surface area (Å²) < 4.78 is 22.3. The standard InChI is InChI=1S/C22H24O5/c1-24-17-11-7-15(8-12-17)22(16-9-13-18(25-2)14-10-16)20(27-22)21(23)26-19-5-3-4-6-19/h7-14,19-20H,3-6H2,1-2H3. The van der Waals surface area contributed by atoms with Crippen LogP contribution in [0.1, 0.15) is 36.8 Å². The number of carbonyl (C=O) groups excluding carboxylic acids is 1. The van der Waals surface area contributed by atoms with Gasteiger partial charge < -0.3 is 18.9 Å². The molecule has 142 valence electrons. The van der Waals surface area contributed by atoms with Crippen molar-refractivity contribution in [3.8, 4) is 11.5 Å². The van der Waals surface area contributed by atoms with Gasteiger partial charge in [-0.15, -0.1) is 0 Å². The van der Waals surface area contributed by atoms with Gasteiger partial charge in [-0.1, -0.05) is 24.3 Å². The highest BCUT2D eigenvalue weighted by molar-refractivity contribution is 5.82. The molecule has 0 amide bonds. The molecule has 4 rings (SSSR count). The molecule has 2 aromatic carbocycles. The zero-order valence-corrected chi connectivity index (χ0v) is 15.6. The molecule has 2 aliphatic rings. The van der Waals surface area contributed by atoms with E-state index in [1.165, 1.54) is 0 Å². The topological polar surface area (TPSA) is 57.3 Å². The van der Waals surface area contributed by atoms with Crippen molar-refractivity contribution in [2.75, 3.05) is 14.2 Å². The first-order valence-corrected chi connectivity index (χ1v) is 9.35. The van der Waals surface area contributed by atoms with E-state index in [-0.39, 0.29) is 12.1 Å². The van der Waals surface area contributed by atoms with Gasteiger partial charge in [-0.25, -0.2) is 4.79 Å². The summed E-state index contributed by atoms with van der Waals surface area (Å²) in [5.41, 5.74) is 0.984. The molecule has 0 N–H and O–H groups in total. The van der Waals surface area contributed by atoms with Crippen molar-refractivity contribution >= 4 is 5.97 Å². The molecule has 5 nitrogen and oxygen atoms in total. The van der Waals surface area contributed by atoms with Gasteiger partial charge in [0.25, 0.3) is 0 Å². The van der Waals surface area contributed by atoms with Crippen molar-refractivity contribution in [3.63, 3.8) is 0 Å². The maximum Gasteiger partial charge on any atom is 0.339 e. The summed E-state index contributed by atoms with van der Waals surface area (Å²) in [6.07, 6.45) is 3.50. The van der Waals surface area contributed by atoms with Crippen LogP contribution in [-0.2, 0) is 19.9 Å². The highest BCUT2D eigenvalue weighted by Crippen LogP contribution is 2.53. The maximum absolute atomic E-state index is 12.8. The van der Waals surface area contributed by atoms with Crippen LogP contribution in [0.15, 0.2) is 48.5 Å². The van der Waals surface area contributed by atoms with Gasteiger partial charge in [0.2, 0.25) is 0 Å². The first-order valence-electron chi connectivity index (χ1n) is 9.35. The third-order valence-electron chi connectivity index (χ3n) is 5.45. The van der Waals surface area contributed by atoms with Crippen LogP contribution in [0, 0.1) is 0 Å². The Balaban J connectivity index is 1.64. The summed E-state index contributed by atoms with van der Waals surface area (Å²) in [5.74, 6) is 1.23. The molecule has 1 aliphatic carbocycles. The van der Waals surface area contributed by atoms with Gasteiger partial charge in [-0.3, -0.25) is 0 Å². The number of esters is 1. The Hall–Kier alpha value is -2.53. The Labute approximate surface area is 159 Å². The van der Waals surface area contributed by atoms with Gasteiger partial charge in [0.05, 0.1) is 14.2 Å². The zero-order valence-electron chi connectivity index (χ0n) is 15.6. The van der Waals surface area contributed by atoms with E-state index in [4.69, 9.17) is 18.9 Å². The molecule has 1 saturated heterocycles. The van der Waals surface area contributed by atoms with Gasteiger partial charge in [0.1, 0.15) is 17.6 Å². The van der Waals surface area contributed by atoms with Crippen LogP contribution in [0.25, 0.3) is 0 Å². The van der Waals surface area contributed by atoms with E-state index in [2.05, 4.69) is 0 Å². The molecule has 5 heteroatoms. The fourth-order valence-corrected chi connectivity index (χ4v) is 3.88. The highest BCUT2D eigenvalue weighted by atomic mass is 16.7. The minimum absolute atomic E-state index is 0.0196. The van der Waals surface area contributed by atoms with E-state index in [1.807, 2.05) is 48.5 Å². The SMILES string of the molecule is COc1ccc(C2(c3ccc(OC)cc3)OC2C(=O)OC2CCCC2)cc1. The molecule has 0 aromatic heterocycles. The van der Waals surface area contributed by atoms with Gasteiger partial charge in [0, 0.05) is 0 Å². The lowest BCUT2D eigenvalue weighted by Gasteiger charge is -2.16. The molecule has 0 radical (unpaired) electrons. The van der Waals surface area contributed by atoms with Gasteiger partial charge >= 0.3 is 5.97 Å². The molecule has 1 heterocycles. The first-order chi connectivity index (χ1) is 13.2. The fourth-order valence-electron chi connectivity index (χ4n) is 3.88. The molecule has 0 bridgehead atoms. The number of methoxy groups -OCH3 is 2. The zero-order chi connectivity index (χ0) is 18.9. The van der Waals surface area contributed by atoms with Crippen LogP contribution in [0.5, 0.6) is 11.5 Å². The lowest BCUT2D eigenvalue weighted by atomic mass is 9.87. The van der Waals surface area contributed by atoms with E-state index in [9.17, 15) is 4.79 Å².